The molecule has 20 heavy (non-hydrogen) atoms. The van der Waals surface area contributed by atoms with Crippen LogP contribution in [0.15, 0.2) is 18.2 Å². The van der Waals surface area contributed by atoms with Crippen LogP contribution in [-0.4, -0.2) is 24.7 Å². The van der Waals surface area contributed by atoms with Gasteiger partial charge in [-0.3, -0.25) is 0 Å². The predicted octanol–water partition coefficient (Wildman–Crippen LogP) is 2.66. The van der Waals surface area contributed by atoms with Crippen molar-refractivity contribution in [2.24, 2.45) is 5.92 Å². The monoisotopic (exact) mass is 280 g/mol. The largest absolute Gasteiger partial charge is 0.478 e. The van der Waals surface area contributed by atoms with Crippen molar-refractivity contribution in [2.75, 3.05) is 18.5 Å². The average molecular weight is 280 g/mol. The fraction of sp³-hybridized carbons (Fsp3) is 0.286. The molecule has 0 saturated carbocycles. The van der Waals surface area contributed by atoms with E-state index in [9.17, 15) is 13.6 Å². The predicted molar refractivity (Wildman–Crippen MR) is 71.1 cm³/mol. The van der Waals surface area contributed by atoms with Crippen LogP contribution in [0.2, 0.25) is 0 Å². The summed E-state index contributed by atoms with van der Waals surface area (Å²) in [5.74, 6) is -3.18. The highest BCUT2D eigenvalue weighted by atomic mass is 19.1. The molecular formula is C14H14F2N2O2. The molecule has 1 aromatic rings. The van der Waals surface area contributed by atoms with Gasteiger partial charge in [-0.15, -0.1) is 0 Å². The summed E-state index contributed by atoms with van der Waals surface area (Å²) < 4.78 is 27.8. The highest BCUT2D eigenvalue weighted by Gasteiger charge is 2.16. The molecule has 0 heterocycles. The molecule has 0 fully saturated rings. The van der Waals surface area contributed by atoms with Gasteiger partial charge in [-0.25, -0.2) is 13.6 Å². The normalized spacial score (nSPS) is 12.2. The Morgan fingerprint density at radius 2 is 2.05 bits per heavy atom. The lowest BCUT2D eigenvalue weighted by Gasteiger charge is -2.21. The van der Waals surface area contributed by atoms with Crippen LogP contribution in [0.5, 0.6) is 0 Å². The third-order valence-electron chi connectivity index (χ3n) is 2.61. The van der Waals surface area contributed by atoms with Crippen molar-refractivity contribution in [1.82, 2.24) is 0 Å². The molecule has 0 amide bonds. The third-order valence-corrected chi connectivity index (χ3v) is 2.61. The fourth-order valence-electron chi connectivity index (χ4n) is 1.76. The number of carboxylic acid groups (broad SMARTS) is 1. The summed E-state index contributed by atoms with van der Waals surface area (Å²) in [6.07, 6.45) is 1.91. The van der Waals surface area contributed by atoms with Gasteiger partial charge in [0.25, 0.3) is 0 Å². The number of hydrogen-bond donors (Lipinski definition) is 1. The quantitative estimate of drug-likeness (QED) is 0.842. The van der Waals surface area contributed by atoms with Gasteiger partial charge in [0.15, 0.2) is 0 Å². The van der Waals surface area contributed by atoms with E-state index in [0.717, 1.165) is 24.3 Å². The molecule has 0 aromatic heterocycles. The molecule has 106 valence electrons. The number of anilines is 1. The van der Waals surface area contributed by atoms with Crippen molar-refractivity contribution in [3.05, 3.63) is 35.4 Å². The molecule has 0 aliphatic carbocycles. The highest BCUT2D eigenvalue weighted by Crippen LogP contribution is 2.25. The first kappa shape index (κ1) is 15.6. The van der Waals surface area contributed by atoms with E-state index in [0.29, 0.717) is 0 Å². The number of nitrogens with zero attached hydrogens (tertiary/aromatic N) is 2. The maximum atomic E-state index is 13.9. The second-order valence-corrected chi connectivity index (χ2v) is 4.42. The van der Waals surface area contributed by atoms with Crippen molar-refractivity contribution in [3.8, 4) is 6.07 Å². The summed E-state index contributed by atoms with van der Waals surface area (Å²) in [5, 5.41) is 17.2. The third kappa shape index (κ3) is 4.05. The number of hydrogen-bond acceptors (Lipinski definition) is 3. The molecule has 0 spiro atoms. The van der Waals surface area contributed by atoms with Crippen molar-refractivity contribution in [1.29, 1.82) is 5.26 Å². The highest BCUT2D eigenvalue weighted by molar-refractivity contribution is 5.85. The number of aliphatic carboxylic acids is 1. The van der Waals surface area contributed by atoms with Gasteiger partial charge in [0.2, 0.25) is 0 Å². The van der Waals surface area contributed by atoms with Gasteiger partial charge >= 0.3 is 5.97 Å². The lowest BCUT2D eigenvalue weighted by molar-refractivity contribution is -0.131. The van der Waals surface area contributed by atoms with E-state index >= 15 is 0 Å². The van der Waals surface area contributed by atoms with E-state index in [1.54, 1.807) is 6.92 Å². The first-order valence-corrected chi connectivity index (χ1v) is 5.86. The Hall–Kier alpha value is -2.42. The standard InChI is InChI=1S/C14H14F2N2O2/c1-9(7-17)8-18(2)14-11(15)5-10(6-12(14)16)3-4-13(19)20/h3-6,9H,8H2,1-2H3,(H,19,20). The van der Waals surface area contributed by atoms with Crippen LogP contribution >= 0.6 is 0 Å². The van der Waals surface area contributed by atoms with Crippen molar-refractivity contribution in [3.63, 3.8) is 0 Å². The Kier molecular flexibility index (Phi) is 5.21. The molecule has 1 rings (SSSR count). The maximum absolute atomic E-state index is 13.9. The van der Waals surface area contributed by atoms with Crippen LogP contribution in [-0.2, 0) is 4.79 Å². The van der Waals surface area contributed by atoms with E-state index < -0.39 is 17.6 Å². The maximum Gasteiger partial charge on any atom is 0.328 e. The molecule has 4 nitrogen and oxygen atoms in total. The zero-order chi connectivity index (χ0) is 15.3. The molecular weight excluding hydrogens is 266 g/mol. The first-order valence-electron chi connectivity index (χ1n) is 5.86. The van der Waals surface area contributed by atoms with Crippen LogP contribution in [0.3, 0.4) is 0 Å². The summed E-state index contributed by atoms with van der Waals surface area (Å²) in [7, 11) is 1.49. The SMILES string of the molecule is CC(C#N)CN(C)c1c(F)cc(C=CC(=O)O)cc1F. The average Bonchev–Trinajstić information content (AvgIpc) is 2.35. The van der Waals surface area contributed by atoms with Gasteiger partial charge in [0, 0.05) is 19.7 Å². The van der Waals surface area contributed by atoms with Crippen LogP contribution in [0, 0.1) is 28.9 Å². The molecule has 0 bridgehead atoms. The van der Waals surface area contributed by atoms with E-state index in [1.807, 2.05) is 6.07 Å². The van der Waals surface area contributed by atoms with Gasteiger partial charge < -0.3 is 10.0 Å². The Morgan fingerprint density at radius 3 is 2.50 bits per heavy atom. The Morgan fingerprint density at radius 1 is 1.50 bits per heavy atom. The van der Waals surface area contributed by atoms with Gasteiger partial charge in [0.1, 0.15) is 17.3 Å². The van der Waals surface area contributed by atoms with E-state index in [-0.39, 0.29) is 23.7 Å². The first-order chi connectivity index (χ1) is 9.35. The number of halogens is 2. The summed E-state index contributed by atoms with van der Waals surface area (Å²) in [4.78, 5) is 11.7. The van der Waals surface area contributed by atoms with Crippen molar-refractivity contribution < 1.29 is 18.7 Å². The molecule has 1 atom stereocenters. The van der Waals surface area contributed by atoms with E-state index in [1.165, 1.54) is 11.9 Å². The smallest absolute Gasteiger partial charge is 0.328 e. The summed E-state index contributed by atoms with van der Waals surface area (Å²) in [6.45, 7) is 1.84. The fourth-order valence-corrected chi connectivity index (χ4v) is 1.76. The minimum atomic E-state index is -1.20. The molecule has 0 aliphatic heterocycles. The number of benzene rings is 1. The summed E-state index contributed by atoms with van der Waals surface area (Å²) in [6, 6.07) is 4.08. The topological polar surface area (TPSA) is 64.3 Å². The molecule has 0 radical (unpaired) electrons. The van der Waals surface area contributed by atoms with Gasteiger partial charge in [0.05, 0.1) is 12.0 Å². The summed E-state index contributed by atoms with van der Waals surface area (Å²) >= 11 is 0. The zero-order valence-corrected chi connectivity index (χ0v) is 11.1. The van der Waals surface area contributed by atoms with Crippen LogP contribution in [0.1, 0.15) is 12.5 Å². The zero-order valence-electron chi connectivity index (χ0n) is 11.1. The number of carboxylic acids is 1. The number of rotatable bonds is 5. The van der Waals surface area contributed by atoms with E-state index in [2.05, 4.69) is 0 Å². The van der Waals surface area contributed by atoms with E-state index in [4.69, 9.17) is 10.4 Å². The Labute approximate surface area is 115 Å². The van der Waals surface area contributed by atoms with Gasteiger partial charge in [-0.2, -0.15) is 5.26 Å². The second-order valence-electron chi connectivity index (χ2n) is 4.42. The molecule has 1 aromatic carbocycles. The van der Waals surface area contributed by atoms with Crippen molar-refractivity contribution >= 4 is 17.7 Å². The molecule has 6 heteroatoms. The minimum absolute atomic E-state index is 0.118. The van der Waals surface area contributed by atoms with Crippen LogP contribution in [0.4, 0.5) is 14.5 Å². The lowest BCUT2D eigenvalue weighted by Crippen LogP contribution is -2.25. The Bertz CT molecular complexity index is 556. The van der Waals surface area contributed by atoms with Crippen LogP contribution in [0.25, 0.3) is 6.08 Å². The lowest BCUT2D eigenvalue weighted by atomic mass is 10.1. The summed E-state index contributed by atoms with van der Waals surface area (Å²) in [5.41, 5.74) is -0.118. The van der Waals surface area contributed by atoms with Gasteiger partial charge in [-0.1, -0.05) is 0 Å². The molecule has 1 unspecified atom stereocenters. The second kappa shape index (κ2) is 6.66. The van der Waals surface area contributed by atoms with Crippen LogP contribution < -0.4 is 4.90 Å². The number of nitriles is 1. The molecule has 0 aliphatic rings. The van der Waals surface area contributed by atoms with Crippen molar-refractivity contribution in [2.45, 2.75) is 6.92 Å². The molecule has 0 saturated heterocycles. The minimum Gasteiger partial charge on any atom is -0.478 e. The Balaban J connectivity index is 3.06. The molecule has 1 N–H and O–H groups in total. The number of carbonyl (C=O) groups is 1. The van der Waals surface area contributed by atoms with Gasteiger partial charge in [-0.05, 0) is 30.7 Å².